The van der Waals surface area contributed by atoms with Crippen LogP contribution in [-0.4, -0.2) is 52.5 Å². The van der Waals surface area contributed by atoms with Crippen molar-refractivity contribution in [2.75, 3.05) is 6.61 Å². The van der Waals surface area contributed by atoms with Crippen LogP contribution in [0.25, 0.3) is 0 Å². The lowest BCUT2D eigenvalue weighted by molar-refractivity contribution is -0.142. The quantitative estimate of drug-likeness (QED) is 0.385. The summed E-state index contributed by atoms with van der Waals surface area (Å²) in [6.45, 7) is 4.30. The summed E-state index contributed by atoms with van der Waals surface area (Å²) in [5.41, 5.74) is 7.50. The van der Waals surface area contributed by atoms with Gasteiger partial charge in [0.15, 0.2) is 6.61 Å². The van der Waals surface area contributed by atoms with Gasteiger partial charge in [0, 0.05) is 6.42 Å². The lowest BCUT2D eigenvalue weighted by atomic mass is 9.47. The van der Waals surface area contributed by atoms with Gasteiger partial charge in [-0.15, -0.1) is 0 Å². The van der Waals surface area contributed by atoms with Crippen LogP contribution in [-0.2, 0) is 19.2 Å². The standard InChI is InChI=1S/C26H39N3O6/c1-25-11-9-16(29-35-14-23(32)28-20(24(33)34)6-8-22(27)31)13-15(25)3-4-17-18-5-7-21(30)26(18,2)12-10-19(17)25/h13,17-21,30H,3-12,14H2,1-2H3,(H2,27,31)(H,28,32)(H,33,34)/b29-16+/t17-,18+,19+,20+,21+,25+,26+/m1/s1. The number of fused-ring (bicyclic) bond motifs is 5. The SMILES string of the molecule is C[C@]12CC[C@H]3[C@H](CCC4=C/C(=N/OCC(=O)N[C@@H](CCC(N)=O)C(=O)O)CC[C@@]43C)[C@@H]1CC[C@@H]2O. The van der Waals surface area contributed by atoms with E-state index in [9.17, 15) is 24.6 Å². The van der Waals surface area contributed by atoms with E-state index in [0.29, 0.717) is 17.8 Å². The molecule has 0 spiro atoms. The summed E-state index contributed by atoms with van der Waals surface area (Å²) in [4.78, 5) is 39.5. The number of carbonyl (C=O) groups excluding carboxylic acids is 2. The molecular weight excluding hydrogens is 450 g/mol. The topological polar surface area (TPSA) is 151 Å². The van der Waals surface area contributed by atoms with E-state index < -0.39 is 30.4 Å². The zero-order chi connectivity index (χ0) is 25.4. The Balaban J connectivity index is 1.35. The summed E-state index contributed by atoms with van der Waals surface area (Å²) in [5.74, 6) is -0.542. The van der Waals surface area contributed by atoms with Gasteiger partial charge in [-0.05, 0) is 92.4 Å². The number of aliphatic carboxylic acids is 1. The number of aliphatic hydroxyl groups is 1. The maximum Gasteiger partial charge on any atom is 0.326 e. The van der Waals surface area contributed by atoms with E-state index in [-0.39, 0.29) is 29.8 Å². The number of primary amides is 1. The number of hydrogen-bond acceptors (Lipinski definition) is 6. The van der Waals surface area contributed by atoms with Gasteiger partial charge in [-0.1, -0.05) is 24.6 Å². The molecule has 0 aromatic rings. The van der Waals surface area contributed by atoms with Crippen LogP contribution < -0.4 is 11.1 Å². The van der Waals surface area contributed by atoms with Crippen molar-refractivity contribution >= 4 is 23.5 Å². The third-order valence-electron chi connectivity index (χ3n) is 9.62. The molecule has 4 aliphatic rings. The largest absolute Gasteiger partial charge is 0.480 e. The number of nitrogens with zero attached hydrogens (tertiary/aromatic N) is 1. The molecule has 194 valence electrons. The number of oxime groups is 1. The minimum Gasteiger partial charge on any atom is -0.480 e. The fourth-order valence-electron chi connectivity index (χ4n) is 7.57. The first-order valence-electron chi connectivity index (χ1n) is 12.9. The molecule has 0 bridgehead atoms. The van der Waals surface area contributed by atoms with Crippen LogP contribution in [0.15, 0.2) is 16.8 Å². The highest BCUT2D eigenvalue weighted by atomic mass is 16.6. The van der Waals surface area contributed by atoms with Crippen LogP contribution in [0, 0.1) is 28.6 Å². The highest BCUT2D eigenvalue weighted by molar-refractivity contribution is 5.96. The predicted molar refractivity (Wildman–Crippen MR) is 129 cm³/mol. The molecule has 0 heterocycles. The van der Waals surface area contributed by atoms with E-state index in [0.717, 1.165) is 57.1 Å². The molecule has 7 atom stereocenters. The lowest BCUT2D eigenvalue weighted by Crippen LogP contribution is -2.51. The number of nitrogens with two attached hydrogens (primary N) is 1. The first-order chi connectivity index (χ1) is 16.5. The fourth-order valence-corrected chi connectivity index (χ4v) is 7.57. The van der Waals surface area contributed by atoms with E-state index in [1.807, 2.05) is 0 Å². The third-order valence-corrected chi connectivity index (χ3v) is 9.62. The van der Waals surface area contributed by atoms with Crippen LogP contribution in [0.4, 0.5) is 0 Å². The van der Waals surface area contributed by atoms with Gasteiger partial charge in [-0.25, -0.2) is 4.79 Å². The van der Waals surface area contributed by atoms with E-state index in [1.165, 1.54) is 5.57 Å². The molecule has 0 aromatic heterocycles. The lowest BCUT2D eigenvalue weighted by Gasteiger charge is -2.57. The zero-order valence-corrected chi connectivity index (χ0v) is 20.8. The molecule has 3 fully saturated rings. The molecule has 9 nitrogen and oxygen atoms in total. The van der Waals surface area contributed by atoms with Gasteiger partial charge in [0.2, 0.25) is 5.91 Å². The second kappa shape index (κ2) is 9.91. The highest BCUT2D eigenvalue weighted by Gasteiger charge is 2.58. The van der Waals surface area contributed by atoms with Gasteiger partial charge in [-0.3, -0.25) is 9.59 Å². The average molecular weight is 490 g/mol. The van der Waals surface area contributed by atoms with Crippen molar-refractivity contribution in [1.82, 2.24) is 5.32 Å². The van der Waals surface area contributed by atoms with Crippen LogP contribution >= 0.6 is 0 Å². The molecule has 0 saturated heterocycles. The van der Waals surface area contributed by atoms with Crippen molar-refractivity contribution in [3.8, 4) is 0 Å². The molecule has 5 N–H and O–H groups in total. The molecule has 0 unspecified atom stereocenters. The Bertz CT molecular complexity index is 932. The molecule has 4 rings (SSSR count). The molecule has 0 radical (unpaired) electrons. The Hall–Kier alpha value is -2.42. The molecule has 35 heavy (non-hydrogen) atoms. The molecule has 2 amide bonds. The molecule has 9 heteroatoms. The van der Waals surface area contributed by atoms with Gasteiger partial charge >= 0.3 is 5.97 Å². The summed E-state index contributed by atoms with van der Waals surface area (Å²) < 4.78 is 0. The molecule has 0 aliphatic heterocycles. The van der Waals surface area contributed by atoms with Gasteiger partial charge in [0.05, 0.1) is 11.8 Å². The molecule has 4 aliphatic carbocycles. The number of nitrogens with one attached hydrogen (secondary N) is 1. The number of hydrogen-bond donors (Lipinski definition) is 4. The van der Waals surface area contributed by atoms with Crippen LogP contribution in [0.2, 0.25) is 0 Å². The number of carbonyl (C=O) groups is 3. The first-order valence-corrected chi connectivity index (χ1v) is 12.9. The molecular formula is C26H39N3O6. The summed E-state index contributed by atoms with van der Waals surface area (Å²) in [7, 11) is 0. The van der Waals surface area contributed by atoms with Crippen LogP contribution in [0.1, 0.15) is 78.1 Å². The van der Waals surface area contributed by atoms with E-state index >= 15 is 0 Å². The minimum atomic E-state index is -1.23. The van der Waals surface area contributed by atoms with Crippen LogP contribution in [0.3, 0.4) is 0 Å². The second-order valence-electron chi connectivity index (χ2n) is 11.5. The Morgan fingerprint density at radius 1 is 1.17 bits per heavy atom. The zero-order valence-electron chi connectivity index (χ0n) is 20.8. The van der Waals surface area contributed by atoms with Gasteiger partial charge in [0.1, 0.15) is 6.04 Å². The highest BCUT2D eigenvalue weighted by Crippen LogP contribution is 2.65. The first kappa shape index (κ1) is 25.7. The minimum absolute atomic E-state index is 0.0727. The predicted octanol–water partition coefficient (Wildman–Crippen LogP) is 2.52. The maximum atomic E-state index is 12.1. The Morgan fingerprint density at radius 2 is 1.94 bits per heavy atom. The summed E-state index contributed by atoms with van der Waals surface area (Å²) >= 11 is 0. The van der Waals surface area contributed by atoms with Gasteiger partial charge < -0.3 is 26.1 Å². The second-order valence-corrected chi connectivity index (χ2v) is 11.5. The van der Waals surface area contributed by atoms with Gasteiger partial charge in [0.25, 0.3) is 5.91 Å². The third kappa shape index (κ3) is 4.97. The molecule has 3 saturated carbocycles. The Labute approximate surface area is 206 Å². The van der Waals surface area contributed by atoms with Crippen molar-refractivity contribution in [1.29, 1.82) is 0 Å². The van der Waals surface area contributed by atoms with Crippen molar-refractivity contribution in [2.24, 2.45) is 39.5 Å². The maximum absolute atomic E-state index is 12.1. The average Bonchev–Trinajstić information content (AvgIpc) is 3.11. The smallest absolute Gasteiger partial charge is 0.326 e. The van der Waals surface area contributed by atoms with E-state index in [4.69, 9.17) is 10.6 Å². The fraction of sp³-hybridized carbons (Fsp3) is 0.769. The number of allylic oxidation sites excluding steroid dienone is 2. The number of carboxylic acids is 1. The van der Waals surface area contributed by atoms with Gasteiger partial charge in [-0.2, -0.15) is 0 Å². The monoisotopic (exact) mass is 489 g/mol. The Morgan fingerprint density at radius 3 is 2.66 bits per heavy atom. The molecule has 0 aromatic carbocycles. The van der Waals surface area contributed by atoms with Crippen LogP contribution in [0.5, 0.6) is 0 Å². The number of aliphatic hydroxyl groups excluding tert-OH is 1. The van der Waals surface area contributed by atoms with Crippen molar-refractivity contribution in [2.45, 2.75) is 90.2 Å². The van der Waals surface area contributed by atoms with E-state index in [1.54, 1.807) is 0 Å². The Kier molecular flexibility index (Phi) is 7.27. The van der Waals surface area contributed by atoms with E-state index in [2.05, 4.69) is 30.4 Å². The normalized spacial score (nSPS) is 37.9. The van der Waals surface area contributed by atoms with Crippen molar-refractivity contribution in [3.05, 3.63) is 11.6 Å². The van der Waals surface area contributed by atoms with Crippen molar-refractivity contribution < 1.29 is 29.4 Å². The summed E-state index contributed by atoms with van der Waals surface area (Å²) in [6.07, 6.45) is 10.1. The summed E-state index contributed by atoms with van der Waals surface area (Å²) in [5, 5.41) is 26.4. The number of amides is 2. The number of rotatable bonds is 8. The summed E-state index contributed by atoms with van der Waals surface area (Å²) in [6, 6.07) is -1.20. The van der Waals surface area contributed by atoms with Crippen molar-refractivity contribution in [3.63, 3.8) is 0 Å². The number of carboxylic acid groups (broad SMARTS) is 1.